The van der Waals surface area contributed by atoms with Crippen molar-refractivity contribution >= 4 is 17.5 Å². The first-order valence-electron chi connectivity index (χ1n) is 12.0. The predicted octanol–water partition coefficient (Wildman–Crippen LogP) is 4.20. The number of esters is 1. The summed E-state index contributed by atoms with van der Waals surface area (Å²) in [5, 5.41) is 10.8. The van der Waals surface area contributed by atoms with E-state index in [0.717, 1.165) is 19.3 Å². The van der Waals surface area contributed by atoms with Crippen LogP contribution in [0.15, 0.2) is 0 Å². The number of hydrogen-bond donors (Lipinski definition) is 1. The van der Waals surface area contributed by atoms with Crippen molar-refractivity contribution in [2.45, 2.75) is 86.7 Å². The monoisotopic (exact) mass is 432 g/mol. The molecule has 1 N–H and O–H groups in total. The molecule has 4 saturated carbocycles. The molecule has 3 unspecified atom stereocenters. The number of aliphatic hydroxyl groups excluding tert-OH is 1. The first-order chi connectivity index (χ1) is 14.2. The van der Waals surface area contributed by atoms with Gasteiger partial charge in [0.25, 0.3) is 0 Å². The molecular weight excluding hydrogens is 392 g/mol. The first-order valence-corrected chi connectivity index (χ1v) is 12.0. The normalized spacial score (nSPS) is 53.4. The van der Waals surface area contributed by atoms with Gasteiger partial charge in [0.1, 0.15) is 11.2 Å². The van der Waals surface area contributed by atoms with E-state index < -0.39 is 34.1 Å². The van der Waals surface area contributed by atoms with Crippen LogP contribution in [0.5, 0.6) is 0 Å². The van der Waals surface area contributed by atoms with Crippen LogP contribution >= 0.6 is 0 Å². The maximum Gasteiger partial charge on any atom is 0.320 e. The Balaban J connectivity index is 1.98. The zero-order valence-electron chi connectivity index (χ0n) is 20.5. The second-order valence-corrected chi connectivity index (χ2v) is 12.5. The standard InChI is InChI=1S/C26H40O5/c1-14-19(28)24(6)13-17-23(5)11-10-18(27)22(3,4)16(23)9-12-25(17,7)26(15(24)2,20(14)29)21(30)31-8/h14-18,27H,9-13H2,1-8H3/t14-,15?,16?,17?,18-,23-,24+,25+,26-/m1/s1. The summed E-state index contributed by atoms with van der Waals surface area (Å²) in [6, 6.07) is 0. The van der Waals surface area contributed by atoms with Gasteiger partial charge in [-0.3, -0.25) is 14.4 Å². The average Bonchev–Trinajstić information content (AvgIpc) is 2.71. The van der Waals surface area contributed by atoms with Crippen LogP contribution < -0.4 is 0 Å². The van der Waals surface area contributed by atoms with E-state index in [1.807, 2.05) is 13.8 Å². The van der Waals surface area contributed by atoms with Gasteiger partial charge in [-0.05, 0) is 73.0 Å². The molecule has 0 spiro atoms. The number of Topliss-reactive ketones (excluding diaryl/α,β-unsaturated/α-hetero) is 2. The molecule has 0 aliphatic heterocycles. The molecule has 0 aromatic carbocycles. The first kappa shape index (κ1) is 22.9. The van der Waals surface area contributed by atoms with Gasteiger partial charge in [0.15, 0.2) is 5.78 Å². The average molecular weight is 433 g/mol. The lowest BCUT2D eigenvalue weighted by molar-refractivity contribution is -0.254. The fourth-order valence-corrected chi connectivity index (χ4v) is 9.48. The Morgan fingerprint density at radius 2 is 1.58 bits per heavy atom. The van der Waals surface area contributed by atoms with Crippen LogP contribution in [0.25, 0.3) is 0 Å². The minimum Gasteiger partial charge on any atom is -0.468 e. The molecule has 5 nitrogen and oxygen atoms in total. The van der Waals surface area contributed by atoms with E-state index >= 15 is 0 Å². The molecule has 0 aromatic heterocycles. The number of aliphatic hydroxyl groups is 1. The highest BCUT2D eigenvalue weighted by molar-refractivity contribution is 6.18. The van der Waals surface area contributed by atoms with Crippen molar-refractivity contribution in [3.63, 3.8) is 0 Å². The van der Waals surface area contributed by atoms with Crippen LogP contribution in [0.1, 0.15) is 80.6 Å². The van der Waals surface area contributed by atoms with Gasteiger partial charge in [-0.25, -0.2) is 0 Å². The molecular formula is C26H40O5. The Morgan fingerprint density at radius 3 is 2.16 bits per heavy atom. The molecule has 9 atom stereocenters. The predicted molar refractivity (Wildman–Crippen MR) is 117 cm³/mol. The minimum absolute atomic E-state index is 0.0209. The number of hydrogen-bond acceptors (Lipinski definition) is 5. The summed E-state index contributed by atoms with van der Waals surface area (Å²) in [6.45, 7) is 14.3. The molecule has 0 radical (unpaired) electrons. The van der Waals surface area contributed by atoms with E-state index in [4.69, 9.17) is 4.74 Å². The molecule has 4 aliphatic rings. The van der Waals surface area contributed by atoms with Gasteiger partial charge in [-0.15, -0.1) is 0 Å². The van der Waals surface area contributed by atoms with Crippen LogP contribution in [0.4, 0.5) is 0 Å². The smallest absolute Gasteiger partial charge is 0.320 e. The Bertz CT molecular complexity index is 847. The molecule has 31 heavy (non-hydrogen) atoms. The molecule has 4 fully saturated rings. The van der Waals surface area contributed by atoms with Crippen molar-refractivity contribution in [2.75, 3.05) is 7.11 Å². The number of methoxy groups -OCH3 is 1. The van der Waals surface area contributed by atoms with Gasteiger partial charge < -0.3 is 9.84 Å². The topological polar surface area (TPSA) is 80.7 Å². The van der Waals surface area contributed by atoms with Crippen LogP contribution in [0, 0.1) is 50.7 Å². The Morgan fingerprint density at radius 1 is 0.968 bits per heavy atom. The summed E-state index contributed by atoms with van der Waals surface area (Å²) in [7, 11) is 1.37. The van der Waals surface area contributed by atoms with E-state index in [2.05, 4.69) is 27.7 Å². The van der Waals surface area contributed by atoms with Crippen molar-refractivity contribution in [1.29, 1.82) is 0 Å². The minimum atomic E-state index is -1.30. The second kappa shape index (κ2) is 6.42. The van der Waals surface area contributed by atoms with Gasteiger partial charge in [0.05, 0.1) is 19.1 Å². The number of rotatable bonds is 1. The van der Waals surface area contributed by atoms with Gasteiger partial charge >= 0.3 is 5.97 Å². The van der Waals surface area contributed by atoms with Gasteiger partial charge in [-0.1, -0.05) is 41.5 Å². The van der Waals surface area contributed by atoms with Crippen LogP contribution in [-0.2, 0) is 19.1 Å². The molecule has 0 saturated heterocycles. The molecule has 0 heterocycles. The summed E-state index contributed by atoms with van der Waals surface area (Å²) >= 11 is 0. The Labute approximate surface area is 186 Å². The fraction of sp³-hybridized carbons (Fsp3) is 0.885. The SMILES string of the molecule is COC(=O)[C@@]12C(=O)[C@H](C)C(=O)[C@@](C)(CC3[C@]4(C)CC[C@@H](O)C(C)(C)C4CC[C@@]31C)C2C. The summed E-state index contributed by atoms with van der Waals surface area (Å²) in [4.78, 5) is 41.1. The van der Waals surface area contributed by atoms with Crippen molar-refractivity contribution in [3.05, 3.63) is 0 Å². The van der Waals surface area contributed by atoms with Crippen molar-refractivity contribution < 1.29 is 24.2 Å². The number of carbonyl (C=O) groups excluding carboxylic acids is 3. The molecule has 0 aromatic rings. The Hall–Kier alpha value is -1.23. The lowest BCUT2D eigenvalue weighted by Crippen LogP contribution is -2.76. The van der Waals surface area contributed by atoms with Crippen molar-refractivity contribution in [3.8, 4) is 0 Å². The van der Waals surface area contributed by atoms with E-state index in [0.29, 0.717) is 12.8 Å². The fourth-order valence-electron chi connectivity index (χ4n) is 9.48. The highest BCUT2D eigenvalue weighted by Gasteiger charge is 2.79. The quantitative estimate of drug-likeness (QED) is 0.496. The zero-order chi connectivity index (χ0) is 23.4. The van der Waals surface area contributed by atoms with Crippen LogP contribution in [-0.4, -0.2) is 35.9 Å². The summed E-state index contributed by atoms with van der Waals surface area (Å²) in [5.41, 5.74) is -3.02. The third kappa shape index (κ3) is 2.30. The second-order valence-electron chi connectivity index (χ2n) is 12.5. The number of ketones is 2. The van der Waals surface area contributed by atoms with E-state index in [1.54, 1.807) is 6.92 Å². The van der Waals surface area contributed by atoms with Crippen molar-refractivity contribution in [2.24, 2.45) is 50.7 Å². The lowest BCUT2D eigenvalue weighted by atomic mass is 9.29. The highest BCUT2D eigenvalue weighted by Crippen LogP contribution is 2.76. The van der Waals surface area contributed by atoms with E-state index in [1.165, 1.54) is 7.11 Å². The number of fused-ring (bicyclic) bond motifs is 6. The largest absolute Gasteiger partial charge is 0.468 e. The highest BCUT2D eigenvalue weighted by atomic mass is 16.5. The van der Waals surface area contributed by atoms with Crippen molar-refractivity contribution in [1.82, 2.24) is 0 Å². The van der Waals surface area contributed by atoms with Gasteiger partial charge in [-0.2, -0.15) is 0 Å². The third-order valence-corrected chi connectivity index (χ3v) is 11.4. The maximum atomic E-state index is 14.0. The van der Waals surface area contributed by atoms with Crippen LogP contribution in [0.3, 0.4) is 0 Å². The summed E-state index contributed by atoms with van der Waals surface area (Å²) in [5.74, 6) is -1.59. The molecule has 174 valence electrons. The molecule has 5 heteroatoms. The Kier molecular flexibility index (Phi) is 4.75. The molecule has 2 bridgehead atoms. The van der Waals surface area contributed by atoms with Gasteiger partial charge in [0.2, 0.25) is 0 Å². The van der Waals surface area contributed by atoms with Crippen LogP contribution in [0.2, 0.25) is 0 Å². The third-order valence-electron chi connectivity index (χ3n) is 11.4. The van der Waals surface area contributed by atoms with Gasteiger partial charge in [0, 0.05) is 5.41 Å². The molecule has 4 rings (SSSR count). The maximum absolute atomic E-state index is 14.0. The number of carbonyl (C=O) groups is 3. The summed E-state index contributed by atoms with van der Waals surface area (Å²) < 4.78 is 5.37. The van der Waals surface area contributed by atoms with E-state index in [9.17, 15) is 19.5 Å². The molecule has 4 aliphatic carbocycles. The van der Waals surface area contributed by atoms with E-state index in [-0.39, 0.29) is 40.3 Å². The number of ether oxygens (including phenoxy) is 1. The summed E-state index contributed by atoms with van der Waals surface area (Å²) in [6.07, 6.45) is 3.50. The molecule has 0 amide bonds. The zero-order valence-corrected chi connectivity index (χ0v) is 20.5. The lowest BCUT2D eigenvalue weighted by Gasteiger charge is -2.72.